The van der Waals surface area contributed by atoms with Crippen LogP contribution in [-0.2, 0) is 0 Å². The molecular weight excluding hydrogens is 230 g/mol. The van der Waals surface area contributed by atoms with Crippen molar-refractivity contribution in [3.05, 3.63) is 11.1 Å². The van der Waals surface area contributed by atoms with Crippen LogP contribution in [0.5, 0.6) is 0 Å². The van der Waals surface area contributed by atoms with E-state index >= 15 is 0 Å². The summed E-state index contributed by atoms with van der Waals surface area (Å²) in [7, 11) is 0. The van der Waals surface area contributed by atoms with Gasteiger partial charge in [0.15, 0.2) is 5.84 Å². The van der Waals surface area contributed by atoms with E-state index in [1.165, 1.54) is 11.1 Å². The van der Waals surface area contributed by atoms with Gasteiger partial charge in [0.05, 0.1) is 12.7 Å². The molecule has 16 heavy (non-hydrogen) atoms. The van der Waals surface area contributed by atoms with Gasteiger partial charge in [-0.25, -0.2) is 0 Å². The molecule has 88 valence electrons. The highest BCUT2D eigenvalue weighted by Gasteiger charge is 2.18. The van der Waals surface area contributed by atoms with Gasteiger partial charge in [-0.05, 0) is 18.0 Å². The predicted molar refractivity (Wildman–Crippen MR) is 59.5 cm³/mol. The molecule has 0 aromatic carbocycles. The highest BCUT2D eigenvalue weighted by Crippen LogP contribution is 2.07. The third kappa shape index (κ3) is 3.16. The van der Waals surface area contributed by atoms with Crippen LogP contribution in [0.2, 0.25) is 0 Å². The van der Waals surface area contributed by atoms with Gasteiger partial charge < -0.3 is 15.8 Å². The summed E-state index contributed by atoms with van der Waals surface area (Å²) in [6, 6.07) is 0. The largest absolute Gasteiger partial charge is 0.409 e. The first-order chi connectivity index (χ1) is 7.69. The monoisotopic (exact) mass is 243 g/mol. The molecule has 1 amide bonds. The summed E-state index contributed by atoms with van der Waals surface area (Å²) in [5, 5.41) is 14.9. The molecule has 0 aliphatic carbocycles. The lowest BCUT2D eigenvalue weighted by atomic mass is 10.3. The van der Waals surface area contributed by atoms with Gasteiger partial charge in [0.1, 0.15) is 4.88 Å². The van der Waals surface area contributed by atoms with Crippen LogP contribution in [0.4, 0.5) is 0 Å². The molecule has 0 aliphatic rings. The molecular formula is C8H13N5O2S. The molecule has 1 aromatic rings. The van der Waals surface area contributed by atoms with E-state index in [0.717, 1.165) is 18.0 Å². The fraction of sp³-hybridized carbons (Fsp3) is 0.500. The number of amides is 1. The summed E-state index contributed by atoms with van der Waals surface area (Å²) in [6.07, 6.45) is 2.19. The van der Waals surface area contributed by atoms with Crippen molar-refractivity contribution in [1.82, 2.24) is 14.5 Å². The van der Waals surface area contributed by atoms with Crippen LogP contribution in [0.15, 0.2) is 11.4 Å². The zero-order chi connectivity index (χ0) is 12.0. The maximum absolute atomic E-state index is 11.9. The minimum atomic E-state index is -0.205. The summed E-state index contributed by atoms with van der Waals surface area (Å²) < 4.78 is 3.62. The van der Waals surface area contributed by atoms with E-state index in [4.69, 9.17) is 10.9 Å². The van der Waals surface area contributed by atoms with Crippen LogP contribution >= 0.6 is 11.5 Å². The summed E-state index contributed by atoms with van der Waals surface area (Å²) >= 11 is 1.02. The lowest BCUT2D eigenvalue weighted by Gasteiger charge is -2.19. The van der Waals surface area contributed by atoms with Gasteiger partial charge in [-0.15, -0.1) is 5.10 Å². The van der Waals surface area contributed by atoms with Crippen molar-refractivity contribution in [1.29, 1.82) is 0 Å². The Hall–Kier alpha value is -1.70. The van der Waals surface area contributed by atoms with E-state index in [9.17, 15) is 4.79 Å². The topological polar surface area (TPSA) is 105 Å². The molecule has 7 nitrogen and oxygen atoms in total. The summed E-state index contributed by atoms with van der Waals surface area (Å²) in [6.45, 7) is 2.57. The molecule has 1 heterocycles. The molecule has 0 saturated carbocycles. The fourth-order valence-corrected chi connectivity index (χ4v) is 1.65. The fourth-order valence-electron chi connectivity index (χ4n) is 1.17. The maximum atomic E-state index is 11.9. The third-order valence-electron chi connectivity index (χ3n) is 1.83. The van der Waals surface area contributed by atoms with Crippen molar-refractivity contribution < 1.29 is 10.0 Å². The standard InChI is InChI=1S/C8H13N5O2S/c1-2-3-13(5-7(9)11-15)8(14)6-4-10-12-16-6/h4,15H,2-3,5H2,1H3,(H2,9,11). The van der Waals surface area contributed by atoms with Crippen LogP contribution in [0.3, 0.4) is 0 Å². The van der Waals surface area contributed by atoms with E-state index in [-0.39, 0.29) is 18.3 Å². The van der Waals surface area contributed by atoms with Crippen molar-refractivity contribution in [2.75, 3.05) is 13.1 Å². The van der Waals surface area contributed by atoms with Crippen LogP contribution < -0.4 is 5.73 Å². The Morgan fingerprint density at radius 2 is 2.50 bits per heavy atom. The Balaban J connectivity index is 2.73. The molecule has 8 heteroatoms. The predicted octanol–water partition coefficient (Wildman–Crippen LogP) is 0.137. The first-order valence-corrected chi connectivity index (χ1v) is 5.49. The summed E-state index contributed by atoms with van der Waals surface area (Å²) in [5.74, 6) is -0.206. The van der Waals surface area contributed by atoms with E-state index < -0.39 is 0 Å². The van der Waals surface area contributed by atoms with Gasteiger partial charge in [-0.2, -0.15) is 0 Å². The maximum Gasteiger partial charge on any atom is 0.267 e. The lowest BCUT2D eigenvalue weighted by Crippen LogP contribution is -2.38. The van der Waals surface area contributed by atoms with Gasteiger partial charge in [-0.3, -0.25) is 4.79 Å². The number of aromatic nitrogens is 2. The Labute approximate surface area is 96.7 Å². The second kappa shape index (κ2) is 6.01. The molecule has 0 radical (unpaired) electrons. The Morgan fingerprint density at radius 1 is 1.75 bits per heavy atom. The van der Waals surface area contributed by atoms with Crippen LogP contribution in [0.1, 0.15) is 23.0 Å². The Morgan fingerprint density at radius 3 is 3.00 bits per heavy atom. The van der Waals surface area contributed by atoms with Gasteiger partial charge in [0.2, 0.25) is 0 Å². The number of hydrogen-bond donors (Lipinski definition) is 2. The minimum absolute atomic E-state index is 0.000672. The first-order valence-electron chi connectivity index (χ1n) is 4.72. The first kappa shape index (κ1) is 12.4. The molecule has 3 N–H and O–H groups in total. The van der Waals surface area contributed by atoms with E-state index in [0.29, 0.717) is 11.4 Å². The molecule has 0 saturated heterocycles. The molecule has 0 bridgehead atoms. The van der Waals surface area contributed by atoms with Gasteiger partial charge in [-0.1, -0.05) is 16.6 Å². The second-order valence-electron chi connectivity index (χ2n) is 3.10. The van der Waals surface area contributed by atoms with Crippen molar-refractivity contribution in [3.8, 4) is 0 Å². The van der Waals surface area contributed by atoms with Gasteiger partial charge in [0, 0.05) is 6.54 Å². The van der Waals surface area contributed by atoms with E-state index in [2.05, 4.69) is 14.7 Å². The van der Waals surface area contributed by atoms with Crippen LogP contribution in [0.25, 0.3) is 0 Å². The Kier molecular flexibility index (Phi) is 4.65. The summed E-state index contributed by atoms with van der Waals surface area (Å²) in [5.41, 5.74) is 5.37. The molecule has 0 spiro atoms. The Bertz CT molecular complexity index is 365. The molecule has 1 aromatic heterocycles. The van der Waals surface area contributed by atoms with Crippen molar-refractivity contribution >= 4 is 23.3 Å². The highest BCUT2D eigenvalue weighted by atomic mass is 32.1. The average molecular weight is 243 g/mol. The van der Waals surface area contributed by atoms with Crippen molar-refractivity contribution in [3.63, 3.8) is 0 Å². The van der Waals surface area contributed by atoms with Gasteiger partial charge >= 0.3 is 0 Å². The normalized spacial score (nSPS) is 11.4. The lowest BCUT2D eigenvalue weighted by molar-refractivity contribution is 0.0783. The zero-order valence-electron chi connectivity index (χ0n) is 8.83. The second-order valence-corrected chi connectivity index (χ2v) is 3.89. The van der Waals surface area contributed by atoms with E-state index in [1.807, 2.05) is 6.92 Å². The number of hydrogen-bond acceptors (Lipinski definition) is 6. The SMILES string of the molecule is CCCN(CC(N)=NO)C(=O)c1cnns1. The number of amidine groups is 1. The highest BCUT2D eigenvalue weighted by molar-refractivity contribution is 7.07. The number of carbonyl (C=O) groups is 1. The zero-order valence-corrected chi connectivity index (χ0v) is 9.65. The van der Waals surface area contributed by atoms with Crippen LogP contribution in [0, 0.1) is 0 Å². The van der Waals surface area contributed by atoms with Crippen LogP contribution in [-0.4, -0.2) is 44.5 Å². The minimum Gasteiger partial charge on any atom is -0.409 e. The third-order valence-corrected chi connectivity index (χ3v) is 2.49. The van der Waals surface area contributed by atoms with E-state index in [1.54, 1.807) is 0 Å². The molecule has 0 atom stereocenters. The molecule has 0 unspecified atom stereocenters. The number of nitrogens with zero attached hydrogens (tertiary/aromatic N) is 4. The molecule has 1 rings (SSSR count). The smallest absolute Gasteiger partial charge is 0.267 e. The van der Waals surface area contributed by atoms with Crippen molar-refractivity contribution in [2.45, 2.75) is 13.3 Å². The number of nitrogens with two attached hydrogens (primary N) is 1. The van der Waals surface area contributed by atoms with Crippen molar-refractivity contribution in [2.24, 2.45) is 10.9 Å². The van der Waals surface area contributed by atoms with Gasteiger partial charge in [0.25, 0.3) is 5.91 Å². The quantitative estimate of drug-likeness (QED) is 0.331. The molecule has 0 aliphatic heterocycles. The molecule has 0 fully saturated rings. The number of rotatable bonds is 5. The number of carbonyl (C=O) groups excluding carboxylic acids is 1. The number of oxime groups is 1. The summed E-state index contributed by atoms with van der Waals surface area (Å²) in [4.78, 5) is 13.8. The average Bonchev–Trinajstić information content (AvgIpc) is 2.80.